The molecule has 2 aromatic rings. The van der Waals surface area contributed by atoms with Gasteiger partial charge in [-0.2, -0.15) is 9.41 Å². The molecule has 1 fully saturated rings. The van der Waals surface area contributed by atoms with Crippen LogP contribution in [0.5, 0.6) is 0 Å². The van der Waals surface area contributed by atoms with Crippen molar-refractivity contribution in [3.63, 3.8) is 0 Å². The van der Waals surface area contributed by atoms with Crippen molar-refractivity contribution in [1.29, 1.82) is 0 Å². The van der Waals surface area contributed by atoms with Gasteiger partial charge >= 0.3 is 0 Å². The second-order valence-electron chi connectivity index (χ2n) is 6.84. The average molecular weight is 418 g/mol. The summed E-state index contributed by atoms with van der Waals surface area (Å²) in [6, 6.07) is 12.1. The molecule has 1 N–H and O–H groups in total. The molecule has 0 spiro atoms. The van der Waals surface area contributed by atoms with E-state index >= 15 is 0 Å². The fraction of sp³-hybridized carbons (Fsp3) is 0.300. The van der Waals surface area contributed by atoms with Crippen LogP contribution in [0.25, 0.3) is 0 Å². The van der Waals surface area contributed by atoms with Gasteiger partial charge in [-0.3, -0.25) is 5.43 Å². The summed E-state index contributed by atoms with van der Waals surface area (Å²) in [5, 5.41) is 15.2. The molecule has 0 radical (unpaired) electrons. The van der Waals surface area contributed by atoms with E-state index in [4.69, 9.17) is 0 Å². The van der Waals surface area contributed by atoms with Gasteiger partial charge in [-0.05, 0) is 61.7 Å². The van der Waals surface area contributed by atoms with E-state index in [1.807, 2.05) is 0 Å². The van der Waals surface area contributed by atoms with Gasteiger partial charge in [-0.1, -0.05) is 12.1 Å². The molecule has 0 aliphatic carbocycles. The topological polar surface area (TPSA) is 102 Å². The molecule has 1 aliphatic heterocycles. The lowest BCUT2D eigenvalue weighted by atomic mass is 9.99. The average Bonchev–Trinajstić information content (AvgIpc) is 2.73. The number of carbonyl (C=O) groups excluding carboxylic acids is 1. The van der Waals surface area contributed by atoms with Crippen LogP contribution in [0.15, 0.2) is 58.5 Å². The van der Waals surface area contributed by atoms with Gasteiger partial charge in [0, 0.05) is 25.0 Å². The highest BCUT2D eigenvalue weighted by Gasteiger charge is 2.30. The number of hydrogen-bond donors (Lipinski definition) is 1. The quantitative estimate of drug-likeness (QED) is 0.569. The molecule has 0 bridgehead atoms. The number of hydrogen-bond acceptors (Lipinski definition) is 6. The third-order valence-corrected chi connectivity index (χ3v) is 6.77. The fourth-order valence-electron chi connectivity index (χ4n) is 3.10. The summed E-state index contributed by atoms with van der Waals surface area (Å²) in [4.78, 5) is 11.1. The zero-order chi connectivity index (χ0) is 21.0. The third kappa shape index (κ3) is 4.99. The molecule has 9 heteroatoms. The Morgan fingerprint density at radius 2 is 1.83 bits per heavy atom. The lowest BCUT2D eigenvalue weighted by molar-refractivity contribution is -0.312. The van der Waals surface area contributed by atoms with Gasteiger partial charge in [0.2, 0.25) is 10.0 Å². The Morgan fingerprint density at radius 3 is 2.45 bits per heavy atom. The van der Waals surface area contributed by atoms with Gasteiger partial charge in [0.05, 0.1) is 16.3 Å². The Kier molecular flexibility index (Phi) is 6.29. The van der Waals surface area contributed by atoms with E-state index in [9.17, 15) is 22.7 Å². The normalized spacial score (nSPS) is 16.6. The van der Waals surface area contributed by atoms with Gasteiger partial charge in [-0.25, -0.2) is 12.8 Å². The molecule has 1 saturated heterocycles. The van der Waals surface area contributed by atoms with Crippen LogP contribution in [0.4, 0.5) is 10.1 Å². The lowest BCUT2D eigenvalue weighted by Crippen LogP contribution is -2.43. The zero-order valence-electron chi connectivity index (χ0n) is 15.8. The summed E-state index contributed by atoms with van der Waals surface area (Å²) in [6.45, 7) is 2.02. The molecule has 0 saturated carbocycles. The van der Waals surface area contributed by atoms with Gasteiger partial charge in [0.15, 0.2) is 0 Å². The summed E-state index contributed by atoms with van der Waals surface area (Å²) in [6.07, 6.45) is 0.479. The van der Waals surface area contributed by atoms with Gasteiger partial charge in [-0.15, -0.1) is 0 Å². The molecule has 0 amide bonds. The Morgan fingerprint density at radius 1 is 1.17 bits per heavy atom. The number of rotatable bonds is 6. The number of hydrazone groups is 1. The third-order valence-electron chi connectivity index (χ3n) is 4.87. The number of carboxylic acid groups (broad SMARTS) is 1. The van der Waals surface area contributed by atoms with E-state index in [0.717, 1.165) is 0 Å². The van der Waals surface area contributed by atoms with Crippen LogP contribution in [-0.2, 0) is 14.8 Å². The summed E-state index contributed by atoms with van der Waals surface area (Å²) in [7, 11) is -3.74. The summed E-state index contributed by atoms with van der Waals surface area (Å²) < 4.78 is 40.1. The first kappa shape index (κ1) is 20.9. The van der Waals surface area contributed by atoms with Crippen molar-refractivity contribution in [3.8, 4) is 0 Å². The summed E-state index contributed by atoms with van der Waals surface area (Å²) >= 11 is 0. The molecule has 154 valence electrons. The molecule has 0 atom stereocenters. The maximum atomic E-state index is 13.0. The Labute approximate surface area is 168 Å². The van der Waals surface area contributed by atoms with Gasteiger partial charge in [0.25, 0.3) is 0 Å². The van der Waals surface area contributed by atoms with Crippen molar-refractivity contribution in [2.45, 2.75) is 24.7 Å². The Balaban J connectivity index is 1.75. The van der Waals surface area contributed by atoms with Crippen molar-refractivity contribution < 1.29 is 22.7 Å². The molecule has 0 unspecified atom stereocenters. The standard InChI is InChI=1S/C20H22FN3O4S/c1-14(22-23-18-7-5-17(21)6-8-18)16-3-2-4-19(13-16)29(27,28)24-11-9-15(10-12-24)20(25)26/h2-8,13,15,23H,9-12H2,1H3,(H,25,26)/p-1/b22-14-. The number of nitrogens with zero attached hydrogens (tertiary/aromatic N) is 2. The number of piperidine rings is 1. The first-order valence-electron chi connectivity index (χ1n) is 9.14. The van der Waals surface area contributed by atoms with Gasteiger partial charge in [0.1, 0.15) is 5.82 Å². The van der Waals surface area contributed by atoms with Crippen molar-refractivity contribution in [2.24, 2.45) is 11.0 Å². The van der Waals surface area contributed by atoms with Crippen LogP contribution < -0.4 is 10.5 Å². The number of anilines is 1. The highest BCUT2D eigenvalue weighted by molar-refractivity contribution is 7.89. The smallest absolute Gasteiger partial charge is 0.243 e. The second-order valence-corrected chi connectivity index (χ2v) is 8.78. The Hall–Kier alpha value is -2.78. The minimum Gasteiger partial charge on any atom is -0.550 e. The fourth-order valence-corrected chi connectivity index (χ4v) is 4.62. The van der Waals surface area contributed by atoms with Crippen molar-refractivity contribution >= 4 is 27.4 Å². The summed E-state index contributed by atoms with van der Waals surface area (Å²) in [5.41, 5.74) is 4.58. The lowest BCUT2D eigenvalue weighted by Gasteiger charge is -2.31. The zero-order valence-corrected chi connectivity index (χ0v) is 16.7. The van der Waals surface area contributed by atoms with E-state index in [2.05, 4.69) is 10.5 Å². The second kappa shape index (κ2) is 8.71. The predicted molar refractivity (Wildman–Crippen MR) is 105 cm³/mol. The van der Waals surface area contributed by atoms with Crippen molar-refractivity contribution in [1.82, 2.24) is 4.31 Å². The van der Waals surface area contributed by atoms with E-state index in [-0.39, 0.29) is 36.6 Å². The predicted octanol–water partition coefficient (Wildman–Crippen LogP) is 1.81. The largest absolute Gasteiger partial charge is 0.550 e. The van der Waals surface area contributed by atoms with E-state index in [0.29, 0.717) is 17.0 Å². The first-order valence-corrected chi connectivity index (χ1v) is 10.6. The number of halogens is 1. The monoisotopic (exact) mass is 418 g/mol. The maximum absolute atomic E-state index is 13.0. The van der Waals surface area contributed by atoms with Crippen molar-refractivity contribution in [3.05, 3.63) is 59.9 Å². The van der Waals surface area contributed by atoms with Crippen LogP contribution in [0.1, 0.15) is 25.3 Å². The molecule has 29 heavy (non-hydrogen) atoms. The summed E-state index contributed by atoms with van der Waals surface area (Å²) in [5.74, 6) is -2.10. The number of carboxylic acids is 1. The SMILES string of the molecule is C/C(=N/Nc1ccc(F)cc1)c1cccc(S(=O)(=O)N2CCC(C(=O)[O-])CC2)c1. The van der Waals surface area contributed by atoms with Crippen LogP contribution in [0, 0.1) is 11.7 Å². The number of benzene rings is 2. The minimum absolute atomic E-state index is 0.123. The Bertz CT molecular complexity index is 1010. The van der Waals surface area contributed by atoms with E-state index < -0.39 is 21.9 Å². The number of aliphatic carboxylic acids is 1. The molecule has 1 aliphatic rings. The van der Waals surface area contributed by atoms with Crippen LogP contribution >= 0.6 is 0 Å². The number of sulfonamides is 1. The molecular weight excluding hydrogens is 397 g/mol. The maximum Gasteiger partial charge on any atom is 0.243 e. The van der Waals surface area contributed by atoms with E-state index in [1.165, 1.54) is 28.6 Å². The molecule has 3 rings (SSSR count). The van der Waals surface area contributed by atoms with Gasteiger partial charge < -0.3 is 9.90 Å². The molecule has 2 aromatic carbocycles. The molecule has 7 nitrogen and oxygen atoms in total. The molecular formula is C20H21FN3O4S-. The molecule has 0 aromatic heterocycles. The highest BCUT2D eigenvalue weighted by atomic mass is 32.2. The minimum atomic E-state index is -3.74. The number of carbonyl (C=O) groups is 1. The first-order chi connectivity index (χ1) is 13.8. The van der Waals surface area contributed by atoms with Crippen molar-refractivity contribution in [2.75, 3.05) is 18.5 Å². The van der Waals surface area contributed by atoms with E-state index in [1.54, 1.807) is 31.2 Å². The van der Waals surface area contributed by atoms with Crippen LogP contribution in [0.2, 0.25) is 0 Å². The van der Waals surface area contributed by atoms with Crippen LogP contribution in [0.3, 0.4) is 0 Å². The molecule has 1 heterocycles. The number of nitrogens with one attached hydrogen (secondary N) is 1. The van der Waals surface area contributed by atoms with Crippen LogP contribution in [-0.4, -0.2) is 37.5 Å². The highest BCUT2D eigenvalue weighted by Crippen LogP contribution is 2.24.